The van der Waals surface area contributed by atoms with E-state index in [4.69, 9.17) is 4.74 Å². The van der Waals surface area contributed by atoms with E-state index in [1.807, 2.05) is 29.7 Å². The van der Waals surface area contributed by atoms with Gasteiger partial charge in [-0.05, 0) is 43.9 Å². The number of hydrogen-bond acceptors (Lipinski definition) is 3. The highest BCUT2D eigenvalue weighted by Gasteiger charge is 2.30. The van der Waals surface area contributed by atoms with Crippen molar-refractivity contribution < 1.29 is 14.3 Å². The largest absolute Gasteiger partial charge is 0.496 e. The summed E-state index contributed by atoms with van der Waals surface area (Å²) in [4.78, 5) is 29.1. The highest BCUT2D eigenvalue weighted by Crippen LogP contribution is 2.28. The Bertz CT molecular complexity index is 672. The Hall–Kier alpha value is -2.04. The summed E-state index contributed by atoms with van der Waals surface area (Å²) >= 11 is 0. The van der Waals surface area contributed by atoms with Crippen molar-refractivity contribution in [2.24, 2.45) is 5.92 Å². The molecule has 2 aliphatic rings. The molecule has 2 fully saturated rings. The maximum absolute atomic E-state index is 12.8. The van der Waals surface area contributed by atoms with E-state index in [0.717, 1.165) is 35.3 Å². The van der Waals surface area contributed by atoms with Crippen LogP contribution in [-0.2, 0) is 16.0 Å². The minimum Gasteiger partial charge on any atom is -0.496 e. The normalized spacial score (nSPS) is 18.3. The minimum atomic E-state index is 0.114. The van der Waals surface area contributed by atoms with Gasteiger partial charge in [0.1, 0.15) is 5.75 Å². The molecular formula is C21H30N2O3. The first-order valence-electron chi connectivity index (χ1n) is 9.70. The molecule has 1 aromatic rings. The Morgan fingerprint density at radius 3 is 2.27 bits per heavy atom. The zero-order valence-electron chi connectivity index (χ0n) is 16.2. The zero-order chi connectivity index (χ0) is 18.7. The number of carbonyl (C=O) groups excluding carboxylic acids is 2. The summed E-state index contributed by atoms with van der Waals surface area (Å²) in [5, 5.41) is 0. The van der Waals surface area contributed by atoms with Crippen LogP contribution in [0.3, 0.4) is 0 Å². The van der Waals surface area contributed by atoms with Gasteiger partial charge in [-0.2, -0.15) is 0 Å². The number of aryl methyl sites for hydroxylation is 2. The molecule has 26 heavy (non-hydrogen) atoms. The molecule has 0 atom stereocenters. The lowest BCUT2D eigenvalue weighted by molar-refractivity contribution is -0.141. The van der Waals surface area contributed by atoms with Gasteiger partial charge in [0, 0.05) is 37.7 Å². The molecule has 142 valence electrons. The summed E-state index contributed by atoms with van der Waals surface area (Å²) in [5.74, 6) is 1.41. The van der Waals surface area contributed by atoms with Crippen molar-refractivity contribution in [3.63, 3.8) is 0 Å². The van der Waals surface area contributed by atoms with Gasteiger partial charge in [0.05, 0.1) is 13.5 Å². The highest BCUT2D eigenvalue weighted by atomic mass is 16.5. The number of methoxy groups -OCH3 is 1. The molecule has 2 amide bonds. The van der Waals surface area contributed by atoms with Crippen LogP contribution in [0.15, 0.2) is 12.1 Å². The molecule has 3 rings (SSSR count). The van der Waals surface area contributed by atoms with Gasteiger partial charge in [-0.1, -0.05) is 18.9 Å². The van der Waals surface area contributed by atoms with Gasteiger partial charge in [0.2, 0.25) is 11.8 Å². The number of hydrogen-bond donors (Lipinski definition) is 0. The maximum Gasteiger partial charge on any atom is 0.227 e. The molecule has 0 N–H and O–H groups in total. The summed E-state index contributed by atoms with van der Waals surface area (Å²) in [6.45, 7) is 6.63. The van der Waals surface area contributed by atoms with Crippen molar-refractivity contribution in [2.75, 3.05) is 33.3 Å². The monoisotopic (exact) mass is 358 g/mol. The third-order valence-corrected chi connectivity index (χ3v) is 5.77. The summed E-state index contributed by atoms with van der Waals surface area (Å²) in [7, 11) is 1.65. The zero-order valence-corrected chi connectivity index (χ0v) is 16.2. The molecule has 0 radical (unpaired) electrons. The highest BCUT2D eigenvalue weighted by molar-refractivity contribution is 5.82. The van der Waals surface area contributed by atoms with Crippen LogP contribution in [0.5, 0.6) is 5.75 Å². The van der Waals surface area contributed by atoms with Gasteiger partial charge < -0.3 is 14.5 Å². The molecule has 0 aromatic heterocycles. The van der Waals surface area contributed by atoms with E-state index in [9.17, 15) is 9.59 Å². The second-order valence-corrected chi connectivity index (χ2v) is 7.63. The van der Waals surface area contributed by atoms with Crippen LogP contribution in [0.1, 0.15) is 42.4 Å². The molecule has 1 saturated carbocycles. The average Bonchev–Trinajstić information content (AvgIpc) is 3.17. The van der Waals surface area contributed by atoms with Crippen molar-refractivity contribution in [1.82, 2.24) is 9.80 Å². The van der Waals surface area contributed by atoms with Crippen LogP contribution in [0.25, 0.3) is 0 Å². The summed E-state index contributed by atoms with van der Waals surface area (Å²) in [6.07, 6.45) is 4.76. The van der Waals surface area contributed by atoms with Crippen LogP contribution in [0.4, 0.5) is 0 Å². The second-order valence-electron chi connectivity index (χ2n) is 7.63. The summed E-state index contributed by atoms with van der Waals surface area (Å²) in [5.41, 5.74) is 3.19. The first-order valence-corrected chi connectivity index (χ1v) is 9.70. The van der Waals surface area contributed by atoms with Crippen LogP contribution in [0, 0.1) is 19.8 Å². The lowest BCUT2D eigenvalue weighted by Gasteiger charge is -2.36. The Kier molecular flexibility index (Phi) is 5.84. The van der Waals surface area contributed by atoms with Gasteiger partial charge in [-0.3, -0.25) is 9.59 Å². The van der Waals surface area contributed by atoms with E-state index < -0.39 is 0 Å². The molecule has 1 aliphatic carbocycles. The van der Waals surface area contributed by atoms with Gasteiger partial charge >= 0.3 is 0 Å². The number of benzene rings is 1. The van der Waals surface area contributed by atoms with Crippen molar-refractivity contribution in [3.05, 3.63) is 28.8 Å². The topological polar surface area (TPSA) is 49.9 Å². The van der Waals surface area contributed by atoms with Gasteiger partial charge in [-0.15, -0.1) is 0 Å². The summed E-state index contributed by atoms with van der Waals surface area (Å²) < 4.78 is 5.48. The number of piperazine rings is 1. The Balaban J connectivity index is 1.58. The number of nitrogens with zero attached hydrogens (tertiary/aromatic N) is 2. The molecule has 5 heteroatoms. The van der Waals surface area contributed by atoms with E-state index in [2.05, 4.69) is 6.07 Å². The van der Waals surface area contributed by atoms with Crippen molar-refractivity contribution >= 4 is 11.8 Å². The molecule has 0 spiro atoms. The van der Waals surface area contributed by atoms with Crippen LogP contribution in [0.2, 0.25) is 0 Å². The van der Waals surface area contributed by atoms with Gasteiger partial charge in [-0.25, -0.2) is 0 Å². The van der Waals surface area contributed by atoms with Gasteiger partial charge in [0.15, 0.2) is 0 Å². The van der Waals surface area contributed by atoms with E-state index in [-0.39, 0.29) is 11.8 Å². The van der Waals surface area contributed by atoms with Crippen molar-refractivity contribution in [3.8, 4) is 5.75 Å². The quantitative estimate of drug-likeness (QED) is 0.831. The van der Waals surface area contributed by atoms with Crippen LogP contribution in [-0.4, -0.2) is 54.9 Å². The molecule has 5 nitrogen and oxygen atoms in total. The fourth-order valence-electron chi connectivity index (χ4n) is 4.24. The van der Waals surface area contributed by atoms with E-state index in [1.165, 1.54) is 12.8 Å². The van der Waals surface area contributed by atoms with Crippen LogP contribution >= 0.6 is 0 Å². The Morgan fingerprint density at radius 1 is 1.04 bits per heavy atom. The first kappa shape index (κ1) is 18.7. The van der Waals surface area contributed by atoms with E-state index in [0.29, 0.717) is 38.5 Å². The molecule has 0 bridgehead atoms. The second kappa shape index (κ2) is 8.11. The molecule has 0 unspecified atom stereocenters. The third-order valence-electron chi connectivity index (χ3n) is 5.77. The van der Waals surface area contributed by atoms with E-state index >= 15 is 0 Å². The summed E-state index contributed by atoms with van der Waals surface area (Å²) in [6, 6.07) is 4.07. The minimum absolute atomic E-state index is 0.114. The van der Waals surface area contributed by atoms with Crippen molar-refractivity contribution in [1.29, 1.82) is 0 Å². The number of carbonyl (C=O) groups is 2. The van der Waals surface area contributed by atoms with Crippen molar-refractivity contribution in [2.45, 2.75) is 46.0 Å². The van der Waals surface area contributed by atoms with Crippen LogP contribution < -0.4 is 4.74 Å². The lowest BCUT2D eigenvalue weighted by atomic mass is 10.0. The SMILES string of the molecule is COc1cc(C)cc(C)c1CC(=O)N1CCN(C(=O)C2CCCC2)CC1. The number of ether oxygens (including phenoxy) is 1. The fourth-order valence-corrected chi connectivity index (χ4v) is 4.24. The standard InChI is InChI=1S/C21H30N2O3/c1-15-12-16(2)18(19(13-15)26-3)14-20(24)22-8-10-23(11-9-22)21(25)17-6-4-5-7-17/h12-13,17H,4-11,14H2,1-3H3. The number of amides is 2. The predicted molar refractivity (Wildman–Crippen MR) is 101 cm³/mol. The molecular weight excluding hydrogens is 328 g/mol. The Labute approximate surface area is 156 Å². The first-order chi connectivity index (χ1) is 12.5. The molecule has 1 heterocycles. The van der Waals surface area contributed by atoms with Gasteiger partial charge in [0.25, 0.3) is 0 Å². The van der Waals surface area contributed by atoms with E-state index in [1.54, 1.807) is 7.11 Å². The average molecular weight is 358 g/mol. The fraction of sp³-hybridized carbons (Fsp3) is 0.619. The number of rotatable bonds is 4. The maximum atomic E-state index is 12.8. The predicted octanol–water partition coefficient (Wildman–Crippen LogP) is 2.72. The Morgan fingerprint density at radius 2 is 1.65 bits per heavy atom. The third kappa shape index (κ3) is 4.02. The molecule has 1 saturated heterocycles. The lowest BCUT2D eigenvalue weighted by Crippen LogP contribution is -2.52. The smallest absolute Gasteiger partial charge is 0.227 e. The molecule has 1 aromatic carbocycles. The molecule has 1 aliphatic heterocycles.